The smallest absolute Gasteiger partial charge is 0.239 e. The van der Waals surface area contributed by atoms with Crippen LogP contribution in [0.3, 0.4) is 0 Å². The molecule has 0 radical (unpaired) electrons. The van der Waals surface area contributed by atoms with E-state index in [1.807, 2.05) is 18.2 Å². The fourth-order valence-electron chi connectivity index (χ4n) is 5.35. The first kappa shape index (κ1) is 27.5. The van der Waals surface area contributed by atoms with E-state index in [2.05, 4.69) is 33.6 Å². The van der Waals surface area contributed by atoms with Gasteiger partial charge in [-0.05, 0) is 35.8 Å². The lowest BCUT2D eigenvalue weighted by Crippen LogP contribution is -2.46. The van der Waals surface area contributed by atoms with Crippen LogP contribution in [-0.2, 0) is 30.7 Å². The van der Waals surface area contributed by atoms with Crippen molar-refractivity contribution in [2.24, 2.45) is 5.84 Å². The molecule has 5 rings (SSSR count). The second kappa shape index (κ2) is 11.6. The van der Waals surface area contributed by atoms with Crippen LogP contribution in [0.4, 0.5) is 5.69 Å². The number of anilines is 1. The zero-order valence-corrected chi connectivity index (χ0v) is 24.4. The van der Waals surface area contributed by atoms with Crippen molar-refractivity contribution in [3.63, 3.8) is 0 Å². The zero-order chi connectivity index (χ0) is 26.9. The lowest BCUT2D eigenvalue weighted by molar-refractivity contribution is -0.133. The molecule has 3 aliphatic rings. The Bertz CT molecular complexity index is 1330. The number of carbonyl (C=O) groups excluding carboxylic acids is 1. The first-order valence-corrected chi connectivity index (χ1v) is 15.6. The third-order valence-electron chi connectivity index (χ3n) is 7.37. The number of nitrogens with two attached hydrogens (primary N) is 1. The normalized spacial score (nSPS) is 22.3. The van der Waals surface area contributed by atoms with Crippen LogP contribution in [0.1, 0.15) is 17.5 Å². The molecule has 2 unspecified atom stereocenters. The highest BCUT2D eigenvalue weighted by atomic mass is 127. The molecule has 3 aliphatic heterocycles. The molecule has 0 aliphatic carbocycles. The van der Waals surface area contributed by atoms with Gasteiger partial charge >= 0.3 is 0 Å². The minimum atomic E-state index is -3.64. The number of sulfone groups is 1. The maximum Gasteiger partial charge on any atom is 0.239 e. The highest BCUT2D eigenvalue weighted by Gasteiger charge is 2.38. The lowest BCUT2D eigenvalue weighted by atomic mass is 10.0. The van der Waals surface area contributed by atoms with Crippen molar-refractivity contribution >= 4 is 49.7 Å². The van der Waals surface area contributed by atoms with Gasteiger partial charge in [-0.15, -0.1) is 0 Å². The number of morpholine rings is 1. The molecular formula is C27H33IN4O5S. The summed E-state index contributed by atoms with van der Waals surface area (Å²) < 4.78 is 36.9. The Labute approximate surface area is 237 Å². The van der Waals surface area contributed by atoms with E-state index in [0.717, 1.165) is 37.3 Å². The van der Waals surface area contributed by atoms with Gasteiger partial charge in [-0.3, -0.25) is 14.7 Å². The first-order valence-electron chi connectivity index (χ1n) is 12.7. The van der Waals surface area contributed by atoms with Crippen LogP contribution < -0.4 is 10.9 Å². The molecule has 3 heterocycles. The molecule has 11 heteroatoms. The van der Waals surface area contributed by atoms with Gasteiger partial charge in [0.2, 0.25) is 5.91 Å². The standard InChI is InChI=1S/C27H33IN4O5S/c1-36-21-9-10-30(17-21)16-19-5-4-6-20(15-19)32(29)26-22-7-2-3-8-24(22)38(34,35)18-23(26)25(28)27(33)31-11-13-37-14-12-31/h2-8,15,21,25H,9-14,16-18,29H2,1H3. The third-order valence-corrected chi connectivity index (χ3v) is 10.4. The number of hydrogen-bond acceptors (Lipinski definition) is 8. The number of likely N-dealkylation sites (tertiary alicyclic amines) is 1. The number of nitrogens with zero attached hydrogens (tertiary/aromatic N) is 3. The van der Waals surface area contributed by atoms with Crippen molar-refractivity contribution < 1.29 is 22.7 Å². The highest BCUT2D eigenvalue weighted by molar-refractivity contribution is 14.1. The molecule has 38 heavy (non-hydrogen) atoms. The van der Waals surface area contributed by atoms with Crippen molar-refractivity contribution in [1.29, 1.82) is 0 Å². The molecule has 2 atom stereocenters. The highest BCUT2D eigenvalue weighted by Crippen LogP contribution is 2.39. The van der Waals surface area contributed by atoms with E-state index in [4.69, 9.17) is 15.3 Å². The molecule has 2 fully saturated rings. The Balaban J connectivity index is 1.52. The number of ether oxygens (including phenoxy) is 2. The van der Waals surface area contributed by atoms with Crippen molar-refractivity contribution in [2.75, 3.05) is 57.3 Å². The number of fused-ring (bicyclic) bond motifs is 1. The Hall–Kier alpha value is -2.03. The average molecular weight is 653 g/mol. The summed E-state index contributed by atoms with van der Waals surface area (Å²) in [7, 11) is -1.89. The van der Waals surface area contributed by atoms with Crippen molar-refractivity contribution in [1.82, 2.24) is 9.80 Å². The van der Waals surface area contributed by atoms with Gasteiger partial charge in [-0.1, -0.05) is 52.9 Å². The number of rotatable bonds is 7. The molecule has 0 saturated carbocycles. The molecule has 9 nitrogen and oxygen atoms in total. The third kappa shape index (κ3) is 5.63. The largest absolute Gasteiger partial charge is 0.380 e. The number of halogens is 1. The van der Waals surface area contributed by atoms with E-state index in [0.29, 0.717) is 43.1 Å². The molecule has 2 aromatic rings. The Morgan fingerprint density at radius 1 is 1.18 bits per heavy atom. The van der Waals surface area contributed by atoms with Crippen LogP contribution in [0.25, 0.3) is 5.70 Å². The monoisotopic (exact) mass is 652 g/mol. The molecule has 0 aromatic heterocycles. The minimum Gasteiger partial charge on any atom is -0.380 e. The molecule has 2 saturated heterocycles. The SMILES string of the molecule is COC1CCN(Cc2cccc(N(N)C3=C(C(I)C(=O)N4CCOCC4)CS(=O)(=O)c4ccccc43)c2)C1. The first-order chi connectivity index (χ1) is 18.3. The van der Waals surface area contributed by atoms with E-state index >= 15 is 0 Å². The van der Waals surface area contributed by atoms with E-state index in [1.54, 1.807) is 41.3 Å². The number of benzene rings is 2. The molecule has 1 amide bonds. The summed E-state index contributed by atoms with van der Waals surface area (Å²) in [6, 6.07) is 14.9. The summed E-state index contributed by atoms with van der Waals surface area (Å²) in [5.74, 6) is 6.41. The summed E-state index contributed by atoms with van der Waals surface area (Å²) in [5, 5.41) is 1.55. The summed E-state index contributed by atoms with van der Waals surface area (Å²) in [4.78, 5) is 17.8. The van der Waals surface area contributed by atoms with E-state index < -0.39 is 13.8 Å². The van der Waals surface area contributed by atoms with E-state index in [-0.39, 0.29) is 22.7 Å². The Morgan fingerprint density at radius 3 is 2.68 bits per heavy atom. The maximum absolute atomic E-state index is 13.5. The van der Waals surface area contributed by atoms with Gasteiger partial charge in [0, 0.05) is 45.4 Å². The van der Waals surface area contributed by atoms with Crippen LogP contribution in [0.15, 0.2) is 59.0 Å². The molecule has 2 N–H and O–H groups in total. The summed E-state index contributed by atoms with van der Waals surface area (Å²) >= 11 is 2.06. The van der Waals surface area contributed by atoms with Crippen LogP contribution in [0.2, 0.25) is 0 Å². The van der Waals surface area contributed by atoms with Crippen LogP contribution in [0.5, 0.6) is 0 Å². The molecule has 0 spiro atoms. The molecular weight excluding hydrogens is 619 g/mol. The number of hydrogen-bond donors (Lipinski definition) is 1. The Morgan fingerprint density at radius 2 is 1.95 bits per heavy atom. The maximum atomic E-state index is 13.5. The van der Waals surface area contributed by atoms with Crippen molar-refractivity contribution in [3.05, 3.63) is 65.2 Å². The minimum absolute atomic E-state index is 0.125. The van der Waals surface area contributed by atoms with Gasteiger partial charge in [0.1, 0.15) is 3.92 Å². The van der Waals surface area contributed by atoms with Crippen LogP contribution >= 0.6 is 22.6 Å². The number of hydrazine groups is 1. The van der Waals surface area contributed by atoms with Crippen molar-refractivity contribution in [2.45, 2.75) is 27.9 Å². The number of amides is 1. The van der Waals surface area contributed by atoms with Gasteiger partial charge < -0.3 is 14.4 Å². The fraction of sp³-hybridized carbons (Fsp3) is 0.444. The van der Waals surface area contributed by atoms with Gasteiger partial charge in [-0.2, -0.15) is 0 Å². The van der Waals surface area contributed by atoms with Gasteiger partial charge in [0.15, 0.2) is 9.84 Å². The van der Waals surface area contributed by atoms with Crippen LogP contribution in [0, 0.1) is 0 Å². The van der Waals surface area contributed by atoms with Gasteiger partial charge in [0.05, 0.1) is 41.4 Å². The van der Waals surface area contributed by atoms with E-state index in [1.165, 1.54) is 0 Å². The average Bonchev–Trinajstić information content (AvgIpc) is 3.40. The lowest BCUT2D eigenvalue weighted by Gasteiger charge is -2.34. The quantitative estimate of drug-likeness (QED) is 0.211. The molecule has 204 valence electrons. The predicted octanol–water partition coefficient (Wildman–Crippen LogP) is 2.45. The van der Waals surface area contributed by atoms with Gasteiger partial charge in [0.25, 0.3) is 0 Å². The number of alkyl halides is 1. The van der Waals surface area contributed by atoms with Gasteiger partial charge in [-0.25, -0.2) is 14.3 Å². The summed E-state index contributed by atoms with van der Waals surface area (Å²) in [5.41, 5.74) is 3.41. The fourth-order valence-corrected chi connectivity index (χ4v) is 8.22. The second-order valence-corrected chi connectivity index (χ2v) is 13.1. The summed E-state index contributed by atoms with van der Waals surface area (Å²) in [6.45, 7) is 4.53. The summed E-state index contributed by atoms with van der Waals surface area (Å²) in [6.07, 6.45) is 1.26. The van der Waals surface area contributed by atoms with Crippen molar-refractivity contribution in [3.8, 4) is 0 Å². The number of carbonyl (C=O) groups is 1. The van der Waals surface area contributed by atoms with Crippen LogP contribution in [-0.4, -0.2) is 86.4 Å². The zero-order valence-electron chi connectivity index (χ0n) is 21.4. The van der Waals surface area contributed by atoms with E-state index in [9.17, 15) is 13.2 Å². The molecule has 0 bridgehead atoms. The second-order valence-electron chi connectivity index (χ2n) is 9.85. The number of methoxy groups -OCH3 is 1. The Kier molecular flexibility index (Phi) is 8.41. The molecule has 2 aromatic carbocycles. The topological polar surface area (TPSA) is 105 Å². The predicted molar refractivity (Wildman–Crippen MR) is 154 cm³/mol.